The van der Waals surface area contributed by atoms with E-state index in [1.54, 1.807) is 12.5 Å². The predicted molar refractivity (Wildman–Crippen MR) is 97.4 cm³/mol. The number of aliphatic hydroxyl groups excluding tert-OH is 1. The fourth-order valence-electron chi connectivity index (χ4n) is 3.80. The zero-order valence-corrected chi connectivity index (χ0v) is 14.6. The Morgan fingerprint density at radius 1 is 1.16 bits per heavy atom. The number of imidazole rings is 1. The summed E-state index contributed by atoms with van der Waals surface area (Å²) in [6.45, 7) is 3.87. The van der Waals surface area contributed by atoms with Gasteiger partial charge in [-0.05, 0) is 37.3 Å². The van der Waals surface area contributed by atoms with Gasteiger partial charge < -0.3 is 14.6 Å². The number of piperidine rings is 1. The van der Waals surface area contributed by atoms with Gasteiger partial charge in [0.25, 0.3) is 0 Å². The molecule has 25 heavy (non-hydrogen) atoms. The number of anilines is 1. The van der Waals surface area contributed by atoms with Crippen molar-refractivity contribution in [2.45, 2.75) is 25.9 Å². The van der Waals surface area contributed by atoms with Gasteiger partial charge in [0.05, 0.1) is 5.52 Å². The minimum absolute atomic E-state index is 0.228. The number of aryl methyl sites for hydroxylation is 2. The molecule has 6 heteroatoms. The van der Waals surface area contributed by atoms with E-state index in [1.165, 1.54) is 5.56 Å². The summed E-state index contributed by atoms with van der Waals surface area (Å²) in [7, 11) is 1.93. The molecule has 1 aromatic carbocycles. The maximum absolute atomic E-state index is 10.7. The van der Waals surface area contributed by atoms with Gasteiger partial charge in [0.1, 0.15) is 24.1 Å². The highest BCUT2D eigenvalue weighted by Gasteiger charge is 2.29. The lowest BCUT2D eigenvalue weighted by molar-refractivity contribution is 0.0824. The standard InChI is InChI=1S/C19H23N5O/c1-13-4-3-5-15-16(13)18(22-12-21-15)24-9-6-14(7-10-24)17(25)19-20-8-11-23(19)2/h3-5,8,11-12,14,17,25H,6-7,9-10H2,1-2H3. The van der Waals surface area contributed by atoms with Crippen LogP contribution in [0.1, 0.15) is 30.3 Å². The van der Waals surface area contributed by atoms with Gasteiger partial charge in [-0.2, -0.15) is 0 Å². The number of hydrogen-bond donors (Lipinski definition) is 1. The van der Waals surface area contributed by atoms with Crippen LogP contribution in [0.15, 0.2) is 36.9 Å². The molecule has 1 unspecified atom stereocenters. The van der Waals surface area contributed by atoms with E-state index in [0.29, 0.717) is 0 Å². The summed E-state index contributed by atoms with van der Waals surface area (Å²) in [5.41, 5.74) is 2.18. The van der Waals surface area contributed by atoms with E-state index in [1.807, 2.05) is 29.9 Å². The van der Waals surface area contributed by atoms with Crippen LogP contribution in [0.4, 0.5) is 5.82 Å². The Kier molecular flexibility index (Phi) is 4.13. The smallest absolute Gasteiger partial charge is 0.140 e. The number of rotatable bonds is 3. The summed E-state index contributed by atoms with van der Waals surface area (Å²) in [6.07, 6.45) is 6.60. The average molecular weight is 337 g/mol. The Hall–Kier alpha value is -2.47. The Morgan fingerprint density at radius 2 is 1.96 bits per heavy atom. The van der Waals surface area contributed by atoms with Crippen LogP contribution in [-0.2, 0) is 7.05 Å². The topological polar surface area (TPSA) is 67.1 Å². The van der Waals surface area contributed by atoms with Gasteiger partial charge in [0.2, 0.25) is 0 Å². The molecule has 0 bridgehead atoms. The van der Waals surface area contributed by atoms with Crippen molar-refractivity contribution < 1.29 is 5.11 Å². The first kappa shape index (κ1) is 16.0. The Morgan fingerprint density at radius 3 is 2.68 bits per heavy atom. The third-order valence-electron chi connectivity index (χ3n) is 5.26. The first-order valence-corrected chi connectivity index (χ1v) is 8.75. The number of aliphatic hydroxyl groups is 1. The largest absolute Gasteiger partial charge is 0.385 e. The maximum atomic E-state index is 10.7. The highest BCUT2D eigenvalue weighted by molar-refractivity contribution is 5.92. The number of nitrogens with zero attached hydrogens (tertiary/aromatic N) is 5. The molecule has 1 fully saturated rings. The summed E-state index contributed by atoms with van der Waals surface area (Å²) in [5.74, 6) is 1.99. The van der Waals surface area contributed by atoms with E-state index in [9.17, 15) is 5.11 Å². The van der Waals surface area contributed by atoms with Crippen molar-refractivity contribution >= 4 is 16.7 Å². The molecule has 0 spiro atoms. The molecule has 0 radical (unpaired) electrons. The molecule has 2 aromatic heterocycles. The SMILES string of the molecule is Cc1cccc2ncnc(N3CCC(C(O)c4nccn4C)CC3)c12. The monoisotopic (exact) mass is 337 g/mol. The molecular formula is C19H23N5O. The maximum Gasteiger partial charge on any atom is 0.140 e. The van der Waals surface area contributed by atoms with E-state index < -0.39 is 6.10 Å². The van der Waals surface area contributed by atoms with Gasteiger partial charge in [-0.25, -0.2) is 15.0 Å². The molecular weight excluding hydrogens is 314 g/mol. The number of benzene rings is 1. The molecule has 4 rings (SSSR count). The van der Waals surface area contributed by atoms with Crippen molar-refractivity contribution in [2.75, 3.05) is 18.0 Å². The molecule has 6 nitrogen and oxygen atoms in total. The van der Waals surface area contributed by atoms with Crippen LogP contribution in [0.5, 0.6) is 0 Å². The van der Waals surface area contributed by atoms with E-state index in [2.05, 4.69) is 32.8 Å². The van der Waals surface area contributed by atoms with Gasteiger partial charge in [0, 0.05) is 37.9 Å². The second kappa shape index (κ2) is 6.44. The van der Waals surface area contributed by atoms with E-state index in [-0.39, 0.29) is 5.92 Å². The van der Waals surface area contributed by atoms with Crippen LogP contribution >= 0.6 is 0 Å². The van der Waals surface area contributed by atoms with Crippen molar-refractivity contribution in [1.29, 1.82) is 0 Å². The molecule has 1 aliphatic rings. The molecule has 1 N–H and O–H groups in total. The number of hydrogen-bond acceptors (Lipinski definition) is 5. The third kappa shape index (κ3) is 2.87. The molecule has 1 saturated heterocycles. The van der Waals surface area contributed by atoms with Gasteiger partial charge in [-0.15, -0.1) is 0 Å². The fourth-order valence-corrected chi connectivity index (χ4v) is 3.80. The Balaban J connectivity index is 1.54. The molecule has 3 aromatic rings. The van der Waals surface area contributed by atoms with Crippen LogP contribution in [0, 0.1) is 12.8 Å². The van der Waals surface area contributed by atoms with Crippen molar-refractivity contribution in [2.24, 2.45) is 13.0 Å². The van der Waals surface area contributed by atoms with Gasteiger partial charge in [-0.1, -0.05) is 12.1 Å². The van der Waals surface area contributed by atoms with Crippen molar-refractivity contribution in [1.82, 2.24) is 19.5 Å². The lowest BCUT2D eigenvalue weighted by atomic mass is 9.90. The minimum Gasteiger partial charge on any atom is -0.385 e. The lowest BCUT2D eigenvalue weighted by Gasteiger charge is -2.35. The van der Waals surface area contributed by atoms with Crippen LogP contribution in [0.3, 0.4) is 0 Å². The fraction of sp³-hybridized carbons (Fsp3) is 0.421. The van der Waals surface area contributed by atoms with E-state index in [4.69, 9.17) is 0 Å². The van der Waals surface area contributed by atoms with Crippen molar-refractivity contribution in [3.8, 4) is 0 Å². The molecule has 130 valence electrons. The van der Waals surface area contributed by atoms with Crippen molar-refractivity contribution in [3.63, 3.8) is 0 Å². The molecule has 0 saturated carbocycles. The summed E-state index contributed by atoms with van der Waals surface area (Å²) < 4.78 is 1.90. The molecule has 1 aliphatic heterocycles. The third-order valence-corrected chi connectivity index (χ3v) is 5.26. The Labute approximate surface area is 147 Å². The highest BCUT2D eigenvalue weighted by Crippen LogP contribution is 2.33. The van der Waals surface area contributed by atoms with E-state index in [0.717, 1.165) is 48.5 Å². The second-order valence-electron chi connectivity index (χ2n) is 6.83. The Bertz CT molecular complexity index is 877. The molecule has 0 amide bonds. The second-order valence-corrected chi connectivity index (χ2v) is 6.83. The summed E-state index contributed by atoms with van der Waals surface area (Å²) in [4.78, 5) is 15.6. The van der Waals surface area contributed by atoms with Crippen molar-refractivity contribution in [3.05, 3.63) is 48.3 Å². The first-order chi connectivity index (χ1) is 12.1. The minimum atomic E-state index is -0.508. The zero-order chi connectivity index (χ0) is 17.4. The quantitative estimate of drug-likeness (QED) is 0.796. The highest BCUT2D eigenvalue weighted by atomic mass is 16.3. The predicted octanol–water partition coefficient (Wildman–Crippen LogP) is 2.62. The average Bonchev–Trinajstić information content (AvgIpc) is 3.07. The zero-order valence-electron chi connectivity index (χ0n) is 14.6. The van der Waals surface area contributed by atoms with Crippen LogP contribution in [-0.4, -0.2) is 37.7 Å². The van der Waals surface area contributed by atoms with Gasteiger partial charge >= 0.3 is 0 Å². The summed E-state index contributed by atoms with van der Waals surface area (Å²) >= 11 is 0. The number of aromatic nitrogens is 4. The molecule has 3 heterocycles. The van der Waals surface area contributed by atoms with Gasteiger partial charge in [-0.3, -0.25) is 0 Å². The molecule has 1 atom stereocenters. The first-order valence-electron chi connectivity index (χ1n) is 8.75. The van der Waals surface area contributed by atoms with Crippen LogP contribution < -0.4 is 4.90 Å². The van der Waals surface area contributed by atoms with Gasteiger partial charge in [0.15, 0.2) is 0 Å². The normalized spacial score (nSPS) is 17.2. The molecule has 0 aliphatic carbocycles. The lowest BCUT2D eigenvalue weighted by Crippen LogP contribution is -2.36. The summed E-state index contributed by atoms with van der Waals surface area (Å²) in [6, 6.07) is 6.17. The van der Waals surface area contributed by atoms with Crippen LogP contribution in [0.2, 0.25) is 0 Å². The summed E-state index contributed by atoms with van der Waals surface area (Å²) in [5, 5.41) is 11.8. The van der Waals surface area contributed by atoms with E-state index >= 15 is 0 Å². The number of fused-ring (bicyclic) bond motifs is 1. The van der Waals surface area contributed by atoms with Crippen LogP contribution in [0.25, 0.3) is 10.9 Å².